The van der Waals surface area contributed by atoms with Gasteiger partial charge in [0.1, 0.15) is 0 Å². The summed E-state index contributed by atoms with van der Waals surface area (Å²) in [5, 5.41) is 3.41. The normalized spacial score (nSPS) is 16.1. The molecule has 0 radical (unpaired) electrons. The molecule has 1 aromatic heterocycles. The predicted octanol–water partition coefficient (Wildman–Crippen LogP) is 4.91. The summed E-state index contributed by atoms with van der Waals surface area (Å²) in [7, 11) is 0. The van der Waals surface area contributed by atoms with Crippen LogP contribution in [0.3, 0.4) is 0 Å². The first-order valence-electron chi connectivity index (χ1n) is 9.49. The van der Waals surface area contributed by atoms with Crippen LogP contribution >= 0.6 is 0 Å². The fraction of sp³-hybridized carbons (Fsp3) is 0.364. The molecule has 0 atom stereocenters. The lowest BCUT2D eigenvalue weighted by atomic mass is 9.99. The maximum Gasteiger partial charge on any atom is 0.152 e. The van der Waals surface area contributed by atoms with E-state index in [1.165, 1.54) is 31.5 Å². The molecular weight excluding hydrogens is 320 g/mol. The largest absolute Gasteiger partial charge is 0.339 e. The molecule has 1 N–H and O–H groups in total. The van der Waals surface area contributed by atoms with Crippen molar-refractivity contribution in [2.24, 2.45) is 5.92 Å². The van der Waals surface area contributed by atoms with Crippen LogP contribution in [-0.4, -0.2) is 28.0 Å². The second kappa shape index (κ2) is 7.42. The van der Waals surface area contributed by atoms with Crippen LogP contribution < -0.4 is 5.32 Å². The van der Waals surface area contributed by atoms with Gasteiger partial charge in [0.15, 0.2) is 5.82 Å². The number of likely N-dealkylation sites (tertiary alicyclic amines) is 1. The van der Waals surface area contributed by atoms with Gasteiger partial charge in [-0.2, -0.15) is 0 Å². The van der Waals surface area contributed by atoms with Crippen molar-refractivity contribution in [1.29, 1.82) is 0 Å². The van der Waals surface area contributed by atoms with Gasteiger partial charge in [0.25, 0.3) is 0 Å². The number of nitrogens with zero attached hydrogens (tertiary/aromatic N) is 3. The van der Waals surface area contributed by atoms with E-state index in [1.807, 2.05) is 31.2 Å². The summed E-state index contributed by atoms with van der Waals surface area (Å²) in [6, 6.07) is 16.7. The Kier molecular flexibility index (Phi) is 4.85. The van der Waals surface area contributed by atoms with Crippen LogP contribution in [-0.2, 0) is 6.54 Å². The fourth-order valence-corrected chi connectivity index (χ4v) is 3.52. The molecule has 1 fully saturated rings. The van der Waals surface area contributed by atoms with E-state index in [4.69, 9.17) is 4.98 Å². The molecule has 0 amide bonds. The van der Waals surface area contributed by atoms with Crippen LogP contribution in [0.2, 0.25) is 0 Å². The van der Waals surface area contributed by atoms with Gasteiger partial charge in [-0.1, -0.05) is 31.2 Å². The Bertz CT molecular complexity index is 880. The van der Waals surface area contributed by atoms with Gasteiger partial charge in [0.05, 0.1) is 16.7 Å². The molecule has 1 saturated heterocycles. The number of benzene rings is 2. The van der Waals surface area contributed by atoms with Crippen molar-refractivity contribution >= 4 is 22.5 Å². The first kappa shape index (κ1) is 17.0. The summed E-state index contributed by atoms with van der Waals surface area (Å²) in [6.07, 6.45) is 2.64. The monoisotopic (exact) mass is 346 g/mol. The standard InChI is InChI=1S/C22H26N4/c1-16-11-13-26(14-12-16)15-18-7-9-19(10-8-18)24-22-17(2)23-20-5-3-4-6-21(20)25-22/h3-10,16H,11-15H2,1-2H3,(H,24,25). The molecule has 4 nitrogen and oxygen atoms in total. The van der Waals surface area contributed by atoms with E-state index in [-0.39, 0.29) is 0 Å². The number of rotatable bonds is 4. The second-order valence-electron chi connectivity index (χ2n) is 7.43. The van der Waals surface area contributed by atoms with Gasteiger partial charge in [0.2, 0.25) is 0 Å². The Hall–Kier alpha value is -2.46. The van der Waals surface area contributed by atoms with Crippen molar-refractivity contribution in [3.8, 4) is 0 Å². The number of hydrogen-bond acceptors (Lipinski definition) is 4. The van der Waals surface area contributed by atoms with Gasteiger partial charge in [-0.05, 0) is 68.6 Å². The highest BCUT2D eigenvalue weighted by atomic mass is 15.1. The molecule has 2 heterocycles. The van der Waals surface area contributed by atoms with E-state index in [0.29, 0.717) is 0 Å². The van der Waals surface area contributed by atoms with Crippen LogP contribution in [0.4, 0.5) is 11.5 Å². The van der Waals surface area contributed by atoms with E-state index >= 15 is 0 Å². The molecule has 0 saturated carbocycles. The molecule has 0 aliphatic carbocycles. The topological polar surface area (TPSA) is 41.1 Å². The van der Waals surface area contributed by atoms with Gasteiger partial charge in [-0.3, -0.25) is 4.90 Å². The highest BCUT2D eigenvalue weighted by molar-refractivity contribution is 5.77. The summed E-state index contributed by atoms with van der Waals surface area (Å²) < 4.78 is 0. The minimum Gasteiger partial charge on any atom is -0.339 e. The zero-order valence-electron chi connectivity index (χ0n) is 15.6. The quantitative estimate of drug-likeness (QED) is 0.728. The second-order valence-corrected chi connectivity index (χ2v) is 7.43. The SMILES string of the molecule is Cc1nc2ccccc2nc1Nc1ccc(CN2CCC(C)CC2)cc1. The molecular formula is C22H26N4. The van der Waals surface area contributed by atoms with Crippen molar-refractivity contribution in [3.05, 3.63) is 59.8 Å². The molecule has 4 heteroatoms. The molecule has 1 aliphatic heterocycles. The summed E-state index contributed by atoms with van der Waals surface area (Å²) in [5.41, 5.74) is 5.17. The Balaban J connectivity index is 1.45. The zero-order valence-corrected chi connectivity index (χ0v) is 15.6. The van der Waals surface area contributed by atoms with Gasteiger partial charge >= 0.3 is 0 Å². The van der Waals surface area contributed by atoms with Gasteiger partial charge in [-0.15, -0.1) is 0 Å². The molecule has 0 bridgehead atoms. The number of para-hydroxylation sites is 2. The van der Waals surface area contributed by atoms with Gasteiger partial charge in [-0.25, -0.2) is 9.97 Å². The van der Waals surface area contributed by atoms with Crippen LogP contribution in [0.15, 0.2) is 48.5 Å². The molecule has 3 aromatic rings. The third-order valence-electron chi connectivity index (χ3n) is 5.24. The average molecular weight is 346 g/mol. The lowest BCUT2D eigenvalue weighted by Crippen LogP contribution is -2.32. The Morgan fingerprint density at radius 1 is 0.962 bits per heavy atom. The number of piperidine rings is 1. The van der Waals surface area contributed by atoms with Crippen molar-refractivity contribution in [3.63, 3.8) is 0 Å². The summed E-state index contributed by atoms with van der Waals surface area (Å²) >= 11 is 0. The Morgan fingerprint density at radius 2 is 1.62 bits per heavy atom. The number of nitrogens with one attached hydrogen (secondary N) is 1. The third kappa shape index (κ3) is 3.86. The predicted molar refractivity (Wildman–Crippen MR) is 108 cm³/mol. The Morgan fingerprint density at radius 3 is 2.31 bits per heavy atom. The van der Waals surface area contributed by atoms with Gasteiger partial charge < -0.3 is 5.32 Å². The van der Waals surface area contributed by atoms with Crippen LogP contribution in [0.25, 0.3) is 11.0 Å². The van der Waals surface area contributed by atoms with E-state index in [2.05, 4.69) is 46.4 Å². The molecule has 4 rings (SSSR count). The highest BCUT2D eigenvalue weighted by Crippen LogP contribution is 2.22. The number of fused-ring (bicyclic) bond motifs is 1. The first-order valence-corrected chi connectivity index (χ1v) is 9.49. The van der Waals surface area contributed by atoms with Gasteiger partial charge in [0, 0.05) is 12.2 Å². The van der Waals surface area contributed by atoms with E-state index in [0.717, 1.165) is 40.7 Å². The van der Waals surface area contributed by atoms with E-state index in [1.54, 1.807) is 0 Å². The maximum atomic E-state index is 4.71. The minimum atomic E-state index is 0.821. The van der Waals surface area contributed by atoms with Crippen molar-refractivity contribution in [2.45, 2.75) is 33.2 Å². The maximum absolute atomic E-state index is 4.71. The number of hydrogen-bond donors (Lipinski definition) is 1. The van der Waals surface area contributed by atoms with Crippen LogP contribution in [0.5, 0.6) is 0 Å². The van der Waals surface area contributed by atoms with Crippen molar-refractivity contribution in [1.82, 2.24) is 14.9 Å². The minimum absolute atomic E-state index is 0.821. The zero-order chi connectivity index (χ0) is 17.9. The van der Waals surface area contributed by atoms with Crippen molar-refractivity contribution in [2.75, 3.05) is 18.4 Å². The van der Waals surface area contributed by atoms with E-state index in [9.17, 15) is 0 Å². The first-order chi connectivity index (χ1) is 12.7. The fourth-order valence-electron chi connectivity index (χ4n) is 3.52. The molecule has 0 unspecified atom stereocenters. The number of aromatic nitrogens is 2. The molecule has 0 spiro atoms. The highest BCUT2D eigenvalue weighted by Gasteiger charge is 2.15. The number of aryl methyl sites for hydroxylation is 1. The third-order valence-corrected chi connectivity index (χ3v) is 5.24. The smallest absolute Gasteiger partial charge is 0.152 e. The lowest BCUT2D eigenvalue weighted by molar-refractivity contribution is 0.185. The molecule has 26 heavy (non-hydrogen) atoms. The summed E-state index contributed by atoms with van der Waals surface area (Å²) in [5.74, 6) is 1.70. The van der Waals surface area contributed by atoms with Crippen LogP contribution in [0, 0.1) is 12.8 Å². The molecule has 134 valence electrons. The average Bonchev–Trinajstić information content (AvgIpc) is 2.66. The van der Waals surface area contributed by atoms with Crippen LogP contribution in [0.1, 0.15) is 31.0 Å². The molecule has 1 aliphatic rings. The molecule has 2 aromatic carbocycles. The summed E-state index contributed by atoms with van der Waals surface area (Å²) in [6.45, 7) is 7.82. The van der Waals surface area contributed by atoms with E-state index < -0.39 is 0 Å². The summed E-state index contributed by atoms with van der Waals surface area (Å²) in [4.78, 5) is 11.9. The number of anilines is 2. The lowest BCUT2D eigenvalue weighted by Gasteiger charge is -2.30. The Labute approximate surface area is 155 Å². The van der Waals surface area contributed by atoms with Crippen molar-refractivity contribution < 1.29 is 0 Å².